The quantitative estimate of drug-likeness (QED) is 0.672. The molecule has 9 heteroatoms. The van der Waals surface area contributed by atoms with Gasteiger partial charge in [-0.15, -0.1) is 0 Å². The van der Waals surface area contributed by atoms with Crippen LogP contribution in [0.2, 0.25) is 0 Å². The van der Waals surface area contributed by atoms with Crippen LogP contribution in [-0.4, -0.2) is 65.6 Å². The molecule has 27 heavy (non-hydrogen) atoms. The zero-order valence-electron chi connectivity index (χ0n) is 16.3. The molecule has 0 aliphatic carbocycles. The Morgan fingerprint density at radius 1 is 1.22 bits per heavy atom. The molecule has 8 nitrogen and oxygen atoms in total. The second-order valence-corrected chi connectivity index (χ2v) is 8.60. The van der Waals surface area contributed by atoms with E-state index in [1.54, 1.807) is 13.1 Å². The van der Waals surface area contributed by atoms with Gasteiger partial charge in [-0.3, -0.25) is 4.79 Å². The maximum Gasteiger partial charge on any atom is 0.243 e. The lowest BCUT2D eigenvalue weighted by atomic mass is 10.0. The highest BCUT2D eigenvalue weighted by Gasteiger charge is 2.31. The van der Waals surface area contributed by atoms with E-state index in [0.29, 0.717) is 44.0 Å². The molecule has 0 bridgehead atoms. The summed E-state index contributed by atoms with van der Waals surface area (Å²) in [6, 6.07) is 4.57. The van der Waals surface area contributed by atoms with Crippen LogP contribution in [0.1, 0.15) is 19.8 Å². The Hall–Kier alpha value is -1.84. The predicted molar refractivity (Wildman–Crippen MR) is 103 cm³/mol. The maximum absolute atomic E-state index is 12.9. The van der Waals surface area contributed by atoms with Gasteiger partial charge in [-0.2, -0.15) is 4.31 Å². The molecule has 2 N–H and O–H groups in total. The first-order valence-electron chi connectivity index (χ1n) is 9.00. The topological polar surface area (TPSA) is 97.0 Å². The van der Waals surface area contributed by atoms with Crippen molar-refractivity contribution >= 4 is 15.9 Å². The summed E-state index contributed by atoms with van der Waals surface area (Å²) in [5, 5.41) is 5.99. The van der Waals surface area contributed by atoms with Crippen molar-refractivity contribution in [1.82, 2.24) is 14.9 Å². The van der Waals surface area contributed by atoms with E-state index >= 15 is 0 Å². The highest BCUT2D eigenvalue weighted by Crippen LogP contribution is 2.31. The number of benzene rings is 1. The van der Waals surface area contributed by atoms with Crippen LogP contribution in [-0.2, 0) is 14.8 Å². The van der Waals surface area contributed by atoms with Crippen LogP contribution in [0.3, 0.4) is 0 Å². The van der Waals surface area contributed by atoms with E-state index in [1.165, 1.54) is 30.7 Å². The zero-order chi connectivity index (χ0) is 20.0. The van der Waals surface area contributed by atoms with Gasteiger partial charge in [0.25, 0.3) is 0 Å². The summed E-state index contributed by atoms with van der Waals surface area (Å²) in [6.07, 6.45) is 1.18. The molecule has 152 valence electrons. The van der Waals surface area contributed by atoms with Gasteiger partial charge in [-0.1, -0.05) is 6.92 Å². The van der Waals surface area contributed by atoms with Crippen LogP contribution in [0.5, 0.6) is 11.5 Å². The number of carbonyl (C=O) groups is 1. The van der Waals surface area contributed by atoms with Gasteiger partial charge in [0.05, 0.1) is 19.1 Å². The number of nitrogens with zero attached hydrogens (tertiary/aromatic N) is 1. The fourth-order valence-electron chi connectivity index (χ4n) is 3.11. The van der Waals surface area contributed by atoms with Crippen molar-refractivity contribution < 1.29 is 22.7 Å². The molecule has 1 heterocycles. The van der Waals surface area contributed by atoms with Crippen molar-refractivity contribution in [2.45, 2.75) is 30.7 Å². The summed E-state index contributed by atoms with van der Waals surface area (Å²) < 4.78 is 37.6. The molecule has 1 aliphatic rings. The van der Waals surface area contributed by atoms with E-state index < -0.39 is 10.0 Å². The molecule has 1 aliphatic heterocycles. The monoisotopic (exact) mass is 399 g/mol. The summed E-state index contributed by atoms with van der Waals surface area (Å²) in [4.78, 5) is 12.3. The van der Waals surface area contributed by atoms with Crippen molar-refractivity contribution in [3.63, 3.8) is 0 Å². The number of nitrogens with one attached hydrogen (secondary N) is 2. The summed E-state index contributed by atoms with van der Waals surface area (Å²) in [6.45, 7) is 3.20. The molecule has 0 aromatic heterocycles. The minimum atomic E-state index is -3.62. The lowest BCUT2D eigenvalue weighted by molar-refractivity contribution is -0.125. The van der Waals surface area contributed by atoms with Crippen LogP contribution in [0.15, 0.2) is 23.1 Å². The number of hydrogen-bond acceptors (Lipinski definition) is 6. The Kier molecular flexibility index (Phi) is 7.46. The van der Waals surface area contributed by atoms with E-state index in [2.05, 4.69) is 10.6 Å². The van der Waals surface area contributed by atoms with Crippen molar-refractivity contribution in [3.05, 3.63) is 18.2 Å². The Labute approximate surface area is 161 Å². The van der Waals surface area contributed by atoms with Gasteiger partial charge in [0.2, 0.25) is 15.9 Å². The number of rotatable bonds is 8. The van der Waals surface area contributed by atoms with Crippen molar-refractivity contribution in [1.29, 1.82) is 0 Å². The average molecular weight is 400 g/mol. The van der Waals surface area contributed by atoms with Gasteiger partial charge in [-0.25, -0.2) is 8.42 Å². The second kappa shape index (κ2) is 9.38. The zero-order valence-corrected chi connectivity index (χ0v) is 17.1. The Morgan fingerprint density at radius 3 is 2.41 bits per heavy atom. The summed E-state index contributed by atoms with van der Waals surface area (Å²) in [7, 11) is 1.16. The summed E-state index contributed by atoms with van der Waals surface area (Å²) in [5.74, 6) is 0.724. The smallest absolute Gasteiger partial charge is 0.243 e. The molecule has 1 aromatic carbocycles. The summed E-state index contributed by atoms with van der Waals surface area (Å²) >= 11 is 0. The van der Waals surface area contributed by atoms with Crippen LogP contribution in [0.25, 0.3) is 0 Å². The Balaban J connectivity index is 2.01. The third-order valence-electron chi connectivity index (χ3n) is 4.75. The highest BCUT2D eigenvalue weighted by atomic mass is 32.2. The fourth-order valence-corrected chi connectivity index (χ4v) is 4.59. The molecular formula is C18H29N3O5S. The largest absolute Gasteiger partial charge is 0.493 e. The average Bonchev–Trinajstić information content (AvgIpc) is 2.67. The molecule has 1 amide bonds. The molecule has 1 fully saturated rings. The third-order valence-corrected chi connectivity index (χ3v) is 6.65. The SMILES string of the molecule is CNCC(C)C(=O)NC1CCN(S(=O)(=O)c2ccc(OC)c(OC)c2)CC1. The van der Waals surface area contributed by atoms with Crippen LogP contribution in [0.4, 0.5) is 0 Å². The molecule has 0 saturated carbocycles. The van der Waals surface area contributed by atoms with E-state index in [1.807, 2.05) is 6.92 Å². The maximum atomic E-state index is 12.9. The van der Waals surface area contributed by atoms with E-state index in [-0.39, 0.29) is 22.8 Å². The van der Waals surface area contributed by atoms with E-state index in [0.717, 1.165) is 0 Å². The number of methoxy groups -OCH3 is 2. The Bertz CT molecular complexity index is 745. The minimum Gasteiger partial charge on any atom is -0.493 e. The minimum absolute atomic E-state index is 0.00587. The number of ether oxygens (including phenoxy) is 2. The first-order chi connectivity index (χ1) is 12.8. The molecule has 1 unspecified atom stereocenters. The van der Waals surface area contributed by atoms with Crippen molar-refractivity contribution in [3.8, 4) is 11.5 Å². The van der Waals surface area contributed by atoms with Gasteiger partial charge in [-0.05, 0) is 32.0 Å². The van der Waals surface area contributed by atoms with Gasteiger partial charge in [0.15, 0.2) is 11.5 Å². The van der Waals surface area contributed by atoms with E-state index in [4.69, 9.17) is 9.47 Å². The van der Waals surface area contributed by atoms with Crippen LogP contribution >= 0.6 is 0 Å². The lowest BCUT2D eigenvalue weighted by Crippen LogP contribution is -2.48. The lowest BCUT2D eigenvalue weighted by Gasteiger charge is -2.32. The molecule has 1 saturated heterocycles. The van der Waals surface area contributed by atoms with Crippen molar-refractivity contribution in [2.24, 2.45) is 5.92 Å². The first kappa shape index (κ1) is 21.5. The fraction of sp³-hybridized carbons (Fsp3) is 0.611. The molecule has 0 radical (unpaired) electrons. The second-order valence-electron chi connectivity index (χ2n) is 6.66. The highest BCUT2D eigenvalue weighted by molar-refractivity contribution is 7.89. The molecule has 1 atom stereocenters. The normalized spacial score (nSPS) is 17.3. The summed E-state index contributed by atoms with van der Waals surface area (Å²) in [5.41, 5.74) is 0. The Morgan fingerprint density at radius 2 is 1.85 bits per heavy atom. The van der Waals surface area contributed by atoms with E-state index in [9.17, 15) is 13.2 Å². The van der Waals surface area contributed by atoms with Gasteiger partial charge in [0.1, 0.15) is 0 Å². The van der Waals surface area contributed by atoms with Crippen molar-refractivity contribution in [2.75, 3.05) is 40.9 Å². The predicted octanol–water partition coefficient (Wildman–Crippen LogP) is 0.829. The standard InChI is InChI=1S/C18H29N3O5S/c1-13(12-19-2)18(22)20-14-7-9-21(10-8-14)27(23,24)15-5-6-16(25-3)17(11-15)26-4/h5-6,11,13-14,19H,7-10,12H2,1-4H3,(H,20,22). The van der Waals surface area contributed by atoms with Gasteiger partial charge in [0, 0.05) is 37.7 Å². The number of carbonyl (C=O) groups excluding carboxylic acids is 1. The van der Waals surface area contributed by atoms with Crippen LogP contribution in [0, 0.1) is 5.92 Å². The molecule has 1 aromatic rings. The van der Waals surface area contributed by atoms with Crippen LogP contribution < -0.4 is 20.1 Å². The number of hydrogen-bond donors (Lipinski definition) is 2. The third kappa shape index (κ3) is 5.12. The van der Waals surface area contributed by atoms with Gasteiger partial charge < -0.3 is 20.1 Å². The molecule has 2 rings (SSSR count). The number of amides is 1. The number of sulfonamides is 1. The number of piperidine rings is 1. The molecule has 0 spiro atoms. The van der Waals surface area contributed by atoms with Gasteiger partial charge >= 0.3 is 0 Å². The first-order valence-corrected chi connectivity index (χ1v) is 10.4. The molecular weight excluding hydrogens is 370 g/mol.